The summed E-state index contributed by atoms with van der Waals surface area (Å²) in [4.78, 5) is 27.8. The number of hydrogen-bond acceptors (Lipinski definition) is 5. The minimum Gasteiger partial charge on any atom is -0.508 e. The second-order valence-corrected chi connectivity index (χ2v) is 14.7. The van der Waals surface area contributed by atoms with Gasteiger partial charge in [0.15, 0.2) is 0 Å². The molecule has 2 aliphatic heterocycles. The molecule has 9 heteroatoms. The summed E-state index contributed by atoms with van der Waals surface area (Å²) in [6.45, 7) is 0.680. The number of fused-ring (bicyclic) bond motifs is 6. The molecule has 0 fully saturated rings. The Bertz CT molecular complexity index is 2490. The zero-order valence-corrected chi connectivity index (χ0v) is 30.3. The van der Waals surface area contributed by atoms with Crippen molar-refractivity contribution in [1.29, 1.82) is 0 Å². The molecular weight excluding hydrogens is 701 g/mol. The number of hydrogen-bond donors (Lipinski definition) is 6. The molecule has 0 aliphatic carbocycles. The van der Waals surface area contributed by atoms with Gasteiger partial charge in [0.2, 0.25) is 0 Å². The van der Waals surface area contributed by atoms with Gasteiger partial charge in [-0.05, 0) is 107 Å². The number of nitrogens with zero attached hydrogens (tertiary/aromatic N) is 2. The molecule has 276 valence electrons. The van der Waals surface area contributed by atoms with Crippen molar-refractivity contribution in [1.82, 2.24) is 19.8 Å². The number of carbonyl (C=O) groups is 1. The maximum atomic E-state index is 16.4. The van der Waals surface area contributed by atoms with Gasteiger partial charge < -0.3 is 40.2 Å². The van der Waals surface area contributed by atoms with Crippen molar-refractivity contribution < 1.29 is 25.2 Å². The van der Waals surface area contributed by atoms with E-state index in [9.17, 15) is 20.4 Å². The van der Waals surface area contributed by atoms with Crippen LogP contribution in [0.25, 0.3) is 21.8 Å². The quantitative estimate of drug-likeness (QED) is 0.108. The Morgan fingerprint density at radius 2 is 0.750 bits per heavy atom. The molecule has 10 rings (SSSR count). The van der Waals surface area contributed by atoms with E-state index in [4.69, 9.17) is 0 Å². The van der Waals surface area contributed by atoms with E-state index in [2.05, 4.69) is 22.1 Å². The molecule has 0 bridgehead atoms. The van der Waals surface area contributed by atoms with Crippen LogP contribution >= 0.6 is 0 Å². The zero-order chi connectivity index (χ0) is 38.2. The predicted octanol–water partition coefficient (Wildman–Crippen LogP) is 8.59. The lowest BCUT2D eigenvalue weighted by molar-refractivity contribution is 0.0799. The van der Waals surface area contributed by atoms with Gasteiger partial charge in [-0.2, -0.15) is 0 Å². The highest BCUT2D eigenvalue weighted by Crippen LogP contribution is 2.53. The van der Waals surface area contributed by atoms with Crippen LogP contribution in [0.2, 0.25) is 0 Å². The molecule has 2 aliphatic rings. The lowest BCUT2D eigenvalue weighted by Crippen LogP contribution is -2.64. The first-order chi connectivity index (χ1) is 27.3. The van der Waals surface area contributed by atoms with Gasteiger partial charge in [-0.25, -0.2) is 4.79 Å². The molecule has 8 aromatic rings. The number of phenols is 4. The Balaban J connectivity index is 1.29. The van der Waals surface area contributed by atoms with E-state index in [-0.39, 0.29) is 29.0 Å². The largest absolute Gasteiger partial charge is 0.508 e. The molecule has 2 aromatic heterocycles. The van der Waals surface area contributed by atoms with Gasteiger partial charge in [0.1, 0.15) is 34.1 Å². The third kappa shape index (κ3) is 4.70. The molecule has 0 radical (unpaired) electrons. The number of urea groups is 1. The lowest BCUT2D eigenvalue weighted by atomic mass is 9.72. The number of benzene rings is 6. The first-order valence-electron chi connectivity index (χ1n) is 18.8. The molecule has 4 heterocycles. The summed E-state index contributed by atoms with van der Waals surface area (Å²) < 4.78 is 0. The van der Waals surface area contributed by atoms with Crippen LogP contribution in [0.4, 0.5) is 4.79 Å². The van der Waals surface area contributed by atoms with Crippen LogP contribution in [-0.2, 0) is 23.9 Å². The number of rotatable bonds is 4. The van der Waals surface area contributed by atoms with Crippen LogP contribution in [0.3, 0.4) is 0 Å². The first kappa shape index (κ1) is 33.4. The minimum atomic E-state index is -1.25. The van der Waals surface area contributed by atoms with Crippen LogP contribution in [-0.4, -0.2) is 59.3 Å². The summed E-state index contributed by atoms with van der Waals surface area (Å²) in [6.07, 6.45) is 1.14. The number of aromatic amines is 2. The summed E-state index contributed by atoms with van der Waals surface area (Å²) in [5.74, 6) is 0.393. The van der Waals surface area contributed by atoms with Crippen LogP contribution in [0.5, 0.6) is 23.0 Å². The highest BCUT2D eigenvalue weighted by molar-refractivity contribution is 5.90. The maximum Gasteiger partial charge on any atom is 0.322 e. The molecule has 0 saturated heterocycles. The number of aromatic nitrogens is 2. The second kappa shape index (κ2) is 12.5. The van der Waals surface area contributed by atoms with Gasteiger partial charge >= 0.3 is 6.03 Å². The van der Waals surface area contributed by atoms with Gasteiger partial charge in [0.25, 0.3) is 0 Å². The maximum absolute atomic E-state index is 16.4. The first-order valence-corrected chi connectivity index (χ1v) is 18.8. The van der Waals surface area contributed by atoms with Gasteiger partial charge in [-0.1, -0.05) is 84.9 Å². The molecule has 2 amide bonds. The van der Waals surface area contributed by atoms with Gasteiger partial charge in [0, 0.05) is 34.9 Å². The van der Waals surface area contributed by atoms with E-state index in [1.807, 2.05) is 94.7 Å². The molecule has 0 unspecified atom stereocenters. The molecule has 0 spiro atoms. The molecule has 9 nitrogen and oxygen atoms in total. The van der Waals surface area contributed by atoms with Crippen LogP contribution in [0.15, 0.2) is 146 Å². The molecule has 6 aromatic carbocycles. The van der Waals surface area contributed by atoms with Crippen molar-refractivity contribution in [3.05, 3.63) is 190 Å². The van der Waals surface area contributed by atoms with E-state index in [0.29, 0.717) is 25.9 Å². The number of carbonyl (C=O) groups excluding carboxylic acids is 1. The van der Waals surface area contributed by atoms with E-state index >= 15 is 4.79 Å². The fourth-order valence-electron chi connectivity index (χ4n) is 9.56. The van der Waals surface area contributed by atoms with E-state index in [0.717, 1.165) is 66.6 Å². The Morgan fingerprint density at radius 1 is 0.446 bits per heavy atom. The fraction of sp³-hybridized carbons (Fsp3) is 0.128. The highest BCUT2D eigenvalue weighted by atomic mass is 16.3. The minimum absolute atomic E-state index is 0.0983. The van der Waals surface area contributed by atoms with Crippen molar-refractivity contribution in [2.24, 2.45) is 0 Å². The lowest BCUT2D eigenvalue weighted by Gasteiger charge is -2.54. The number of aromatic hydroxyl groups is 4. The second-order valence-electron chi connectivity index (χ2n) is 14.7. The average molecular weight is 739 g/mol. The summed E-state index contributed by atoms with van der Waals surface area (Å²) in [7, 11) is 0. The van der Waals surface area contributed by atoms with E-state index in [1.165, 1.54) is 0 Å². The predicted molar refractivity (Wildman–Crippen MR) is 215 cm³/mol. The number of nitrogens with one attached hydrogen (secondary N) is 2. The SMILES string of the molecule is O=C(N1CCc2c([nH]c3ccccc23)C1(c1ccc(O)cc1)c1ccc(O)cc1)N1CCc2c([nH]c3ccccc23)C1(c1ccc(O)cc1)c1ccc(O)cc1. The molecule has 56 heavy (non-hydrogen) atoms. The molecule has 0 saturated carbocycles. The third-order valence-corrected chi connectivity index (χ3v) is 11.9. The number of amides is 2. The Kier molecular flexibility index (Phi) is 7.44. The Morgan fingerprint density at radius 3 is 1.07 bits per heavy atom. The standard InChI is InChI=1S/C47H38N4O5/c52-33-17-9-29(10-18-33)46(30-11-19-34(53)20-12-30)43-39(37-5-1-3-7-41(37)48-43)25-27-50(46)45(56)51-28-26-40-38-6-2-4-8-42(38)49-44(40)47(51,31-13-21-35(54)22-14-31)32-15-23-36(55)24-16-32/h1-24,48-49,52-55H,25-28H2. The van der Waals surface area contributed by atoms with Crippen LogP contribution in [0, 0.1) is 0 Å². The topological polar surface area (TPSA) is 136 Å². The summed E-state index contributed by atoms with van der Waals surface area (Å²) in [5, 5.41) is 44.5. The Hall–Kier alpha value is -7.13. The molecular formula is C47H38N4O5. The van der Waals surface area contributed by atoms with Crippen LogP contribution < -0.4 is 0 Å². The number of phenolic OH excluding ortho intramolecular Hbond substituents is 4. The van der Waals surface area contributed by atoms with Crippen molar-refractivity contribution in [2.45, 2.75) is 23.9 Å². The molecule has 6 N–H and O–H groups in total. The van der Waals surface area contributed by atoms with Crippen molar-refractivity contribution >= 4 is 27.8 Å². The molecule has 0 atom stereocenters. The van der Waals surface area contributed by atoms with E-state index < -0.39 is 11.1 Å². The summed E-state index contributed by atoms with van der Waals surface area (Å²) >= 11 is 0. The monoisotopic (exact) mass is 738 g/mol. The summed E-state index contributed by atoms with van der Waals surface area (Å²) in [6, 6.07) is 44.1. The van der Waals surface area contributed by atoms with E-state index in [1.54, 1.807) is 48.5 Å². The van der Waals surface area contributed by atoms with Crippen molar-refractivity contribution in [3.63, 3.8) is 0 Å². The van der Waals surface area contributed by atoms with Gasteiger partial charge in [-0.15, -0.1) is 0 Å². The average Bonchev–Trinajstić information content (AvgIpc) is 3.80. The smallest absolute Gasteiger partial charge is 0.322 e. The highest BCUT2D eigenvalue weighted by Gasteiger charge is 2.56. The van der Waals surface area contributed by atoms with Crippen molar-refractivity contribution in [2.75, 3.05) is 13.1 Å². The van der Waals surface area contributed by atoms with Gasteiger partial charge in [-0.3, -0.25) is 0 Å². The summed E-state index contributed by atoms with van der Waals surface area (Å²) in [5.41, 5.74) is 6.24. The van der Waals surface area contributed by atoms with Gasteiger partial charge in [0.05, 0.1) is 11.4 Å². The zero-order valence-electron chi connectivity index (χ0n) is 30.3. The Labute approximate surface area is 322 Å². The number of para-hydroxylation sites is 2. The van der Waals surface area contributed by atoms with Crippen molar-refractivity contribution in [3.8, 4) is 23.0 Å². The fourth-order valence-corrected chi connectivity index (χ4v) is 9.56. The normalized spacial score (nSPS) is 15.8. The number of H-pyrrole nitrogens is 2. The third-order valence-electron chi connectivity index (χ3n) is 11.9. The van der Waals surface area contributed by atoms with Crippen LogP contribution in [0.1, 0.15) is 44.8 Å².